The Morgan fingerprint density at radius 2 is 2.05 bits per heavy atom. The molecule has 0 aliphatic rings. The molecule has 6 heteroatoms. The highest BCUT2D eigenvalue weighted by Crippen LogP contribution is 2.10. The van der Waals surface area contributed by atoms with Crippen LogP contribution in [0.3, 0.4) is 0 Å². The summed E-state index contributed by atoms with van der Waals surface area (Å²) in [7, 11) is 0. The van der Waals surface area contributed by atoms with E-state index < -0.39 is 18.1 Å². The number of aliphatic carboxylic acids is 1. The molecular formula is C15H28N2O4. The molecule has 1 amide bonds. The van der Waals surface area contributed by atoms with Crippen LogP contribution in [-0.2, 0) is 9.53 Å². The molecule has 0 fully saturated rings. The summed E-state index contributed by atoms with van der Waals surface area (Å²) < 4.78 is 5.34. The molecule has 4 N–H and O–H groups in total. The maximum absolute atomic E-state index is 11.6. The van der Waals surface area contributed by atoms with Crippen molar-refractivity contribution in [2.75, 3.05) is 6.54 Å². The molecule has 122 valence electrons. The largest absolute Gasteiger partial charge is 0.480 e. The summed E-state index contributed by atoms with van der Waals surface area (Å²) in [6.45, 7) is 6.17. The number of hydrogen-bond donors (Lipinski definition) is 3. The molecule has 0 saturated carbocycles. The van der Waals surface area contributed by atoms with E-state index in [9.17, 15) is 9.59 Å². The number of carbonyl (C=O) groups excluding carboxylic acids is 1. The molecule has 0 aromatic carbocycles. The minimum atomic E-state index is -0.994. The van der Waals surface area contributed by atoms with E-state index in [0.717, 1.165) is 25.7 Å². The lowest BCUT2D eigenvalue weighted by Gasteiger charge is -2.17. The fourth-order valence-corrected chi connectivity index (χ4v) is 1.88. The molecule has 0 radical (unpaired) electrons. The van der Waals surface area contributed by atoms with E-state index in [4.69, 9.17) is 15.6 Å². The van der Waals surface area contributed by atoms with Gasteiger partial charge in [-0.15, -0.1) is 6.58 Å². The number of rotatable bonds is 12. The van der Waals surface area contributed by atoms with E-state index in [1.807, 2.05) is 13.0 Å². The van der Waals surface area contributed by atoms with Gasteiger partial charge in [-0.25, -0.2) is 4.79 Å². The number of carboxylic acid groups (broad SMARTS) is 1. The van der Waals surface area contributed by atoms with Crippen molar-refractivity contribution in [1.82, 2.24) is 5.32 Å². The lowest BCUT2D eigenvalue weighted by Crippen LogP contribution is -2.31. The maximum atomic E-state index is 11.6. The molecule has 21 heavy (non-hydrogen) atoms. The van der Waals surface area contributed by atoms with Crippen molar-refractivity contribution in [3.05, 3.63) is 12.7 Å². The van der Waals surface area contributed by atoms with E-state index in [0.29, 0.717) is 25.8 Å². The van der Waals surface area contributed by atoms with Crippen LogP contribution < -0.4 is 11.1 Å². The Hall–Kier alpha value is -1.56. The van der Waals surface area contributed by atoms with Gasteiger partial charge in [-0.2, -0.15) is 0 Å². The van der Waals surface area contributed by atoms with Crippen molar-refractivity contribution in [2.45, 2.75) is 64.0 Å². The molecule has 0 aliphatic carbocycles. The fraction of sp³-hybridized carbons (Fsp3) is 0.733. The van der Waals surface area contributed by atoms with E-state index in [-0.39, 0.29) is 6.10 Å². The monoisotopic (exact) mass is 300 g/mol. The summed E-state index contributed by atoms with van der Waals surface area (Å²) in [5.74, 6) is -0.994. The lowest BCUT2D eigenvalue weighted by atomic mass is 10.1. The summed E-state index contributed by atoms with van der Waals surface area (Å²) in [6.07, 6.45) is 6.48. The minimum Gasteiger partial charge on any atom is -0.480 e. The third-order valence-corrected chi connectivity index (χ3v) is 3.11. The fourth-order valence-electron chi connectivity index (χ4n) is 1.88. The molecule has 0 bridgehead atoms. The molecule has 0 heterocycles. The van der Waals surface area contributed by atoms with Gasteiger partial charge in [0.05, 0.1) is 0 Å². The number of carbonyl (C=O) groups is 2. The smallest absolute Gasteiger partial charge is 0.407 e. The number of nitrogens with one attached hydrogen (secondary N) is 1. The van der Waals surface area contributed by atoms with Crippen LogP contribution in [0.5, 0.6) is 0 Å². The van der Waals surface area contributed by atoms with Gasteiger partial charge in [0.1, 0.15) is 12.1 Å². The van der Waals surface area contributed by atoms with Crippen LogP contribution in [0.2, 0.25) is 0 Å². The first kappa shape index (κ1) is 19.4. The maximum Gasteiger partial charge on any atom is 0.407 e. The van der Waals surface area contributed by atoms with Gasteiger partial charge in [-0.3, -0.25) is 4.79 Å². The molecular weight excluding hydrogens is 272 g/mol. The van der Waals surface area contributed by atoms with Crippen LogP contribution in [0.4, 0.5) is 4.79 Å². The molecule has 0 aromatic rings. The van der Waals surface area contributed by atoms with Crippen molar-refractivity contribution in [3.8, 4) is 0 Å². The van der Waals surface area contributed by atoms with E-state index in [1.165, 1.54) is 0 Å². The predicted molar refractivity (Wildman–Crippen MR) is 82.1 cm³/mol. The predicted octanol–water partition coefficient (Wildman–Crippen LogP) is 2.43. The standard InChI is InChI=1S/C15H28N2O4/c1-3-5-9-12(8-4-2)21-15(20)17-11-7-6-10-13(16)14(18)19/h3,12-13H,1,4-11,16H2,2H3,(H,17,20)(H,18,19)/t12?,13-/m0/s1. The Kier molecular flexibility index (Phi) is 11.3. The SMILES string of the molecule is C=CCCC(CCC)OC(=O)NCCCC[C@H](N)C(=O)O. The van der Waals surface area contributed by atoms with E-state index in [1.54, 1.807) is 0 Å². The van der Waals surface area contributed by atoms with Gasteiger partial charge >= 0.3 is 12.1 Å². The first-order chi connectivity index (χ1) is 10.0. The second kappa shape index (κ2) is 12.2. The molecule has 0 aromatic heterocycles. The van der Waals surface area contributed by atoms with Crippen LogP contribution in [0.15, 0.2) is 12.7 Å². The molecule has 0 saturated heterocycles. The number of amides is 1. The normalized spacial score (nSPS) is 13.2. The van der Waals surface area contributed by atoms with Gasteiger partial charge in [-0.1, -0.05) is 19.4 Å². The quantitative estimate of drug-likeness (QED) is 0.379. The highest BCUT2D eigenvalue weighted by molar-refractivity contribution is 5.72. The average Bonchev–Trinajstić information content (AvgIpc) is 2.44. The van der Waals surface area contributed by atoms with Crippen LogP contribution in [0, 0.1) is 0 Å². The zero-order valence-electron chi connectivity index (χ0n) is 12.8. The van der Waals surface area contributed by atoms with Crippen molar-refractivity contribution in [1.29, 1.82) is 0 Å². The van der Waals surface area contributed by atoms with Crippen molar-refractivity contribution in [3.63, 3.8) is 0 Å². The van der Waals surface area contributed by atoms with Gasteiger partial charge in [0.2, 0.25) is 0 Å². The first-order valence-electron chi connectivity index (χ1n) is 7.55. The number of ether oxygens (including phenoxy) is 1. The summed E-state index contributed by atoms with van der Waals surface area (Å²) >= 11 is 0. The first-order valence-corrected chi connectivity index (χ1v) is 7.55. The number of allylic oxidation sites excluding steroid dienone is 1. The summed E-state index contributed by atoms with van der Waals surface area (Å²) in [5, 5.41) is 11.3. The van der Waals surface area contributed by atoms with Gasteiger partial charge in [0.25, 0.3) is 0 Å². The Labute approximate surface area is 126 Å². The summed E-state index contributed by atoms with van der Waals surface area (Å²) in [6, 6.07) is -0.829. The molecule has 0 spiro atoms. The highest BCUT2D eigenvalue weighted by atomic mass is 16.6. The Morgan fingerprint density at radius 3 is 2.62 bits per heavy atom. The zero-order valence-corrected chi connectivity index (χ0v) is 12.8. The minimum absolute atomic E-state index is 0.0755. The van der Waals surface area contributed by atoms with Gasteiger partial charge in [0.15, 0.2) is 0 Å². The van der Waals surface area contributed by atoms with Crippen LogP contribution in [-0.4, -0.2) is 35.9 Å². The Morgan fingerprint density at radius 1 is 1.33 bits per heavy atom. The number of alkyl carbamates (subject to hydrolysis) is 1. The number of carboxylic acids is 1. The van der Waals surface area contributed by atoms with Crippen LogP contribution >= 0.6 is 0 Å². The van der Waals surface area contributed by atoms with Crippen molar-refractivity contribution < 1.29 is 19.4 Å². The molecule has 2 atom stereocenters. The number of hydrogen-bond acceptors (Lipinski definition) is 4. The van der Waals surface area contributed by atoms with Crippen LogP contribution in [0.25, 0.3) is 0 Å². The van der Waals surface area contributed by atoms with Gasteiger partial charge < -0.3 is 20.9 Å². The summed E-state index contributed by atoms with van der Waals surface area (Å²) in [5.41, 5.74) is 5.38. The molecule has 0 rings (SSSR count). The third-order valence-electron chi connectivity index (χ3n) is 3.11. The molecule has 6 nitrogen and oxygen atoms in total. The van der Waals surface area contributed by atoms with E-state index >= 15 is 0 Å². The third kappa shape index (κ3) is 10.8. The van der Waals surface area contributed by atoms with Crippen molar-refractivity contribution in [2.24, 2.45) is 5.73 Å². The van der Waals surface area contributed by atoms with Crippen LogP contribution in [0.1, 0.15) is 51.9 Å². The molecule has 0 aliphatic heterocycles. The Balaban J connectivity index is 3.76. The second-order valence-electron chi connectivity index (χ2n) is 5.05. The highest BCUT2D eigenvalue weighted by Gasteiger charge is 2.13. The number of unbranched alkanes of at least 4 members (excludes halogenated alkanes) is 1. The Bertz CT molecular complexity index is 321. The lowest BCUT2D eigenvalue weighted by molar-refractivity contribution is -0.138. The average molecular weight is 300 g/mol. The van der Waals surface area contributed by atoms with E-state index in [2.05, 4.69) is 11.9 Å². The van der Waals surface area contributed by atoms with Gasteiger partial charge in [-0.05, 0) is 38.5 Å². The summed E-state index contributed by atoms with van der Waals surface area (Å²) in [4.78, 5) is 22.1. The molecule has 1 unspecified atom stereocenters. The second-order valence-corrected chi connectivity index (χ2v) is 5.05. The van der Waals surface area contributed by atoms with Gasteiger partial charge in [0, 0.05) is 6.54 Å². The number of nitrogens with two attached hydrogens (primary N) is 1. The van der Waals surface area contributed by atoms with Crippen molar-refractivity contribution >= 4 is 12.1 Å². The zero-order chi connectivity index (χ0) is 16.1. The topological polar surface area (TPSA) is 102 Å².